The van der Waals surface area contributed by atoms with E-state index >= 15 is 0 Å². The van der Waals surface area contributed by atoms with Gasteiger partial charge < -0.3 is 10.2 Å². The molecular weight excluding hydrogens is 210 g/mol. The van der Waals surface area contributed by atoms with E-state index in [0.717, 1.165) is 11.8 Å². The molecule has 0 unspecified atom stereocenters. The molecule has 78 valence electrons. The smallest absolute Gasteiger partial charge is 0.243 e. The van der Waals surface area contributed by atoms with Crippen molar-refractivity contribution in [2.45, 2.75) is 0 Å². The van der Waals surface area contributed by atoms with Crippen LogP contribution in [0, 0.1) is 0 Å². The SMILES string of the molecule is O=C(S)SCCN(CCO)CCO. The molecule has 0 spiro atoms. The Balaban J connectivity index is 3.49. The topological polar surface area (TPSA) is 60.8 Å². The van der Waals surface area contributed by atoms with Crippen LogP contribution in [-0.4, -0.2) is 58.2 Å². The van der Waals surface area contributed by atoms with E-state index in [-0.39, 0.29) is 17.7 Å². The van der Waals surface area contributed by atoms with Gasteiger partial charge in [0.1, 0.15) is 0 Å². The highest BCUT2D eigenvalue weighted by Crippen LogP contribution is 2.06. The van der Waals surface area contributed by atoms with Gasteiger partial charge in [-0.1, -0.05) is 24.4 Å². The predicted molar refractivity (Wildman–Crippen MR) is 57.5 cm³/mol. The molecule has 0 aliphatic rings. The normalized spacial score (nSPS) is 10.8. The minimum Gasteiger partial charge on any atom is -0.395 e. The second-order valence-corrected chi connectivity index (χ2v) is 4.18. The quantitative estimate of drug-likeness (QED) is 0.535. The summed E-state index contributed by atoms with van der Waals surface area (Å²) in [4.78, 5) is 12.3. The van der Waals surface area contributed by atoms with Gasteiger partial charge in [0.05, 0.1) is 13.2 Å². The summed E-state index contributed by atoms with van der Waals surface area (Å²) in [6, 6.07) is 0. The number of aliphatic hydroxyl groups is 2. The highest BCUT2D eigenvalue weighted by Gasteiger charge is 2.03. The molecule has 13 heavy (non-hydrogen) atoms. The van der Waals surface area contributed by atoms with Crippen molar-refractivity contribution < 1.29 is 15.0 Å². The maximum atomic E-state index is 10.5. The van der Waals surface area contributed by atoms with E-state index in [0.29, 0.717) is 25.4 Å². The fraction of sp³-hybridized carbons (Fsp3) is 0.857. The first-order valence-corrected chi connectivity index (χ1v) is 5.43. The van der Waals surface area contributed by atoms with Crippen LogP contribution in [0.15, 0.2) is 0 Å². The lowest BCUT2D eigenvalue weighted by atomic mass is 10.5. The van der Waals surface area contributed by atoms with Crippen molar-refractivity contribution in [2.75, 3.05) is 38.6 Å². The molecule has 2 N–H and O–H groups in total. The molecule has 0 fully saturated rings. The lowest BCUT2D eigenvalue weighted by Crippen LogP contribution is -2.31. The van der Waals surface area contributed by atoms with Gasteiger partial charge in [0.2, 0.25) is 4.45 Å². The third-order valence-electron chi connectivity index (χ3n) is 1.47. The standard InChI is InChI=1S/C7H15NO3S2/c9-4-1-8(2-5-10)3-6-13-7(11)12/h9-10H,1-6H2,(H,11,12). The summed E-state index contributed by atoms with van der Waals surface area (Å²) in [5.74, 6) is 0.641. The number of hydrogen-bond acceptors (Lipinski definition) is 5. The highest BCUT2D eigenvalue weighted by atomic mass is 32.2. The highest BCUT2D eigenvalue weighted by molar-refractivity contribution is 8.32. The average molecular weight is 225 g/mol. The molecule has 6 heteroatoms. The van der Waals surface area contributed by atoms with Crippen molar-refractivity contribution in [1.82, 2.24) is 4.90 Å². The molecule has 0 aromatic carbocycles. The Morgan fingerprint density at radius 3 is 2.15 bits per heavy atom. The van der Waals surface area contributed by atoms with Crippen LogP contribution in [0.4, 0.5) is 4.79 Å². The molecule has 0 heterocycles. The summed E-state index contributed by atoms with van der Waals surface area (Å²) in [6.45, 7) is 1.88. The Morgan fingerprint density at radius 1 is 1.23 bits per heavy atom. The van der Waals surface area contributed by atoms with Gasteiger partial charge >= 0.3 is 0 Å². The van der Waals surface area contributed by atoms with Crippen LogP contribution >= 0.6 is 24.4 Å². The summed E-state index contributed by atoms with van der Waals surface area (Å²) in [7, 11) is 0. The first kappa shape index (κ1) is 13.2. The third-order valence-corrected chi connectivity index (χ3v) is 2.49. The average Bonchev–Trinajstić information content (AvgIpc) is 2.04. The number of carbonyl (C=O) groups excluding carboxylic acids is 1. The van der Waals surface area contributed by atoms with Gasteiger partial charge in [0.15, 0.2) is 0 Å². The van der Waals surface area contributed by atoms with Gasteiger partial charge in [-0.15, -0.1) is 0 Å². The van der Waals surface area contributed by atoms with Crippen LogP contribution in [0.2, 0.25) is 0 Å². The van der Waals surface area contributed by atoms with Gasteiger partial charge in [0, 0.05) is 25.4 Å². The molecular formula is C7H15NO3S2. The number of thiol groups is 1. The van der Waals surface area contributed by atoms with Crippen molar-refractivity contribution >= 4 is 28.8 Å². The molecule has 0 aromatic heterocycles. The van der Waals surface area contributed by atoms with E-state index in [4.69, 9.17) is 10.2 Å². The molecule has 0 atom stereocenters. The fourth-order valence-electron chi connectivity index (χ4n) is 0.880. The Hall–Kier alpha value is 0.250. The molecule has 0 bridgehead atoms. The number of rotatable bonds is 7. The fourth-order valence-corrected chi connectivity index (χ4v) is 1.68. The summed E-state index contributed by atoms with van der Waals surface area (Å²) in [5, 5.41) is 17.3. The summed E-state index contributed by atoms with van der Waals surface area (Å²) in [6.07, 6.45) is 0. The predicted octanol–water partition coefficient (Wildman–Crippen LogP) is 0.0560. The Morgan fingerprint density at radius 2 is 1.77 bits per heavy atom. The van der Waals surface area contributed by atoms with Crippen LogP contribution in [0.25, 0.3) is 0 Å². The number of thioether (sulfide) groups is 1. The van der Waals surface area contributed by atoms with Gasteiger partial charge in [-0.2, -0.15) is 0 Å². The van der Waals surface area contributed by atoms with Crippen LogP contribution in [0.1, 0.15) is 0 Å². The van der Waals surface area contributed by atoms with Crippen molar-refractivity contribution in [2.24, 2.45) is 0 Å². The van der Waals surface area contributed by atoms with Gasteiger partial charge in [-0.25, -0.2) is 0 Å². The van der Waals surface area contributed by atoms with Crippen molar-refractivity contribution in [3.8, 4) is 0 Å². The maximum absolute atomic E-state index is 10.5. The van der Waals surface area contributed by atoms with E-state index in [1.807, 2.05) is 4.90 Å². The van der Waals surface area contributed by atoms with Crippen LogP contribution in [0.3, 0.4) is 0 Å². The number of carbonyl (C=O) groups is 1. The second-order valence-electron chi connectivity index (χ2n) is 2.40. The first-order chi connectivity index (χ1) is 6.20. The third kappa shape index (κ3) is 8.58. The first-order valence-electron chi connectivity index (χ1n) is 4.00. The van der Waals surface area contributed by atoms with E-state index in [1.54, 1.807) is 0 Å². The lowest BCUT2D eigenvalue weighted by molar-refractivity contribution is 0.167. The minimum atomic E-state index is -0.201. The van der Waals surface area contributed by atoms with Gasteiger partial charge in [-0.3, -0.25) is 9.69 Å². The zero-order chi connectivity index (χ0) is 10.1. The van der Waals surface area contributed by atoms with E-state index in [9.17, 15) is 4.79 Å². The minimum absolute atomic E-state index is 0.0689. The summed E-state index contributed by atoms with van der Waals surface area (Å²) >= 11 is 4.74. The Bertz CT molecular complexity index is 140. The second kappa shape index (κ2) is 8.83. The summed E-state index contributed by atoms with van der Waals surface area (Å²) < 4.78 is -0.201. The molecule has 0 aromatic rings. The molecule has 0 aliphatic heterocycles. The number of nitrogens with zero attached hydrogens (tertiary/aromatic N) is 1. The molecule has 0 saturated heterocycles. The zero-order valence-electron chi connectivity index (χ0n) is 7.35. The Labute approximate surface area is 87.7 Å². The van der Waals surface area contributed by atoms with Crippen LogP contribution in [0.5, 0.6) is 0 Å². The number of aliphatic hydroxyl groups excluding tert-OH is 2. The molecule has 0 rings (SSSR count). The molecule has 4 nitrogen and oxygen atoms in total. The molecule has 0 aliphatic carbocycles. The largest absolute Gasteiger partial charge is 0.395 e. The molecule has 0 amide bonds. The molecule has 0 radical (unpaired) electrons. The lowest BCUT2D eigenvalue weighted by Gasteiger charge is -2.18. The van der Waals surface area contributed by atoms with Gasteiger partial charge in [-0.05, 0) is 0 Å². The van der Waals surface area contributed by atoms with Crippen molar-refractivity contribution in [1.29, 1.82) is 0 Å². The maximum Gasteiger partial charge on any atom is 0.243 e. The van der Waals surface area contributed by atoms with E-state index in [2.05, 4.69) is 12.6 Å². The van der Waals surface area contributed by atoms with E-state index in [1.165, 1.54) is 0 Å². The monoisotopic (exact) mass is 225 g/mol. The van der Waals surface area contributed by atoms with Crippen LogP contribution in [-0.2, 0) is 0 Å². The molecule has 0 saturated carbocycles. The summed E-state index contributed by atoms with van der Waals surface area (Å²) in [5.41, 5.74) is 0. The zero-order valence-corrected chi connectivity index (χ0v) is 9.06. The van der Waals surface area contributed by atoms with Gasteiger partial charge in [0.25, 0.3) is 0 Å². The van der Waals surface area contributed by atoms with E-state index < -0.39 is 0 Å². The number of hydrogen-bond donors (Lipinski definition) is 3. The van der Waals surface area contributed by atoms with Crippen molar-refractivity contribution in [3.63, 3.8) is 0 Å². The van der Waals surface area contributed by atoms with Crippen LogP contribution < -0.4 is 0 Å². The van der Waals surface area contributed by atoms with Crippen molar-refractivity contribution in [3.05, 3.63) is 0 Å². The Kier molecular flexibility index (Phi) is 9.00.